The molecule has 0 aliphatic heterocycles. The van der Waals surface area contributed by atoms with Crippen LogP contribution < -0.4 is 14.8 Å². The van der Waals surface area contributed by atoms with E-state index in [1.54, 1.807) is 24.3 Å². The second-order valence-electron chi connectivity index (χ2n) is 10.3. The van der Waals surface area contributed by atoms with Gasteiger partial charge in [-0.15, -0.1) is 0 Å². The molecule has 0 saturated heterocycles. The van der Waals surface area contributed by atoms with Crippen molar-refractivity contribution >= 4 is 44.6 Å². The number of nitrogens with one attached hydrogen (secondary N) is 2. The van der Waals surface area contributed by atoms with E-state index < -0.39 is 15.8 Å². The lowest BCUT2D eigenvalue weighted by atomic mass is 10.1. The number of rotatable bonds is 12. The van der Waals surface area contributed by atoms with Gasteiger partial charge >= 0.3 is 0 Å². The first-order valence-electron chi connectivity index (χ1n) is 14.6. The summed E-state index contributed by atoms with van der Waals surface area (Å²) in [5, 5.41) is 11.3. The molecule has 3 aromatic carbocycles. The minimum absolute atomic E-state index is 0.0296. The van der Waals surface area contributed by atoms with Gasteiger partial charge in [0.15, 0.2) is 11.6 Å². The molecule has 242 valence electrons. The molecule has 0 aliphatic rings. The zero-order valence-corrected chi connectivity index (χ0v) is 26.8. The third-order valence-corrected chi connectivity index (χ3v) is 8.85. The van der Waals surface area contributed by atoms with Crippen molar-refractivity contribution < 1.29 is 27.4 Å². The number of hydrogen-bond acceptors (Lipinski definition) is 8. The van der Waals surface area contributed by atoms with E-state index in [1.165, 1.54) is 31.1 Å². The van der Waals surface area contributed by atoms with Crippen LogP contribution in [0.1, 0.15) is 20.8 Å². The lowest BCUT2D eigenvalue weighted by molar-refractivity contribution is -0.122. The number of sulfonamides is 1. The molecule has 0 spiro atoms. The van der Waals surface area contributed by atoms with Gasteiger partial charge in [-0.2, -0.15) is 0 Å². The Morgan fingerprint density at radius 3 is 2.35 bits per heavy atom. The molecule has 1 unspecified atom stereocenters. The monoisotopic (exact) mass is 648 g/mol. The third-order valence-electron chi connectivity index (χ3n) is 7.47. The van der Waals surface area contributed by atoms with Crippen molar-refractivity contribution in [3.63, 3.8) is 0 Å². The van der Waals surface area contributed by atoms with Crippen LogP contribution in [0.15, 0.2) is 90.2 Å². The Hall–Kier alpha value is -5.01. The van der Waals surface area contributed by atoms with Crippen LogP contribution in [0.5, 0.6) is 5.75 Å². The van der Waals surface area contributed by atoms with Gasteiger partial charge in [-0.25, -0.2) is 22.8 Å². The lowest BCUT2D eigenvalue weighted by Gasteiger charge is -2.27. The minimum atomic E-state index is -3.99. The van der Waals surface area contributed by atoms with E-state index in [0.717, 1.165) is 42.3 Å². The summed E-state index contributed by atoms with van der Waals surface area (Å²) < 4.78 is 49.1. The highest BCUT2D eigenvalue weighted by Crippen LogP contribution is 2.27. The number of carboxylic acid groups (broad SMARTS) is 1. The Morgan fingerprint density at radius 2 is 1.70 bits per heavy atom. The van der Waals surface area contributed by atoms with Gasteiger partial charge in [0.2, 0.25) is 0 Å². The molecule has 0 radical (unpaired) electrons. The summed E-state index contributed by atoms with van der Waals surface area (Å²) in [6, 6.07) is 20.9. The Kier molecular flexibility index (Phi) is 11.3. The average Bonchev–Trinajstić information content (AvgIpc) is 3.44. The molecule has 0 aliphatic carbocycles. The fourth-order valence-electron chi connectivity index (χ4n) is 5.15. The smallest absolute Gasteiger partial charge is 0.290 e. The van der Waals surface area contributed by atoms with E-state index in [1.807, 2.05) is 6.07 Å². The summed E-state index contributed by atoms with van der Waals surface area (Å²) in [6.45, 7) is 9.38. The first kappa shape index (κ1) is 33.9. The number of methoxy groups -OCH3 is 1. The molecule has 0 saturated carbocycles. The molecule has 2 heterocycles. The first-order valence-corrected chi connectivity index (χ1v) is 16.1. The Morgan fingerprint density at radius 1 is 1.00 bits per heavy atom. The topological polar surface area (TPSA) is 139 Å². The summed E-state index contributed by atoms with van der Waals surface area (Å²) in [5.41, 5.74) is 3.98. The molecule has 1 atom stereocenters. The summed E-state index contributed by atoms with van der Waals surface area (Å²) in [5.74, 6) is -0.191. The summed E-state index contributed by atoms with van der Waals surface area (Å²) in [6.07, 6.45) is 3.65. The van der Waals surface area contributed by atoms with Gasteiger partial charge in [0.25, 0.3) is 16.5 Å². The van der Waals surface area contributed by atoms with Crippen LogP contribution in [0.2, 0.25) is 0 Å². The van der Waals surface area contributed by atoms with Gasteiger partial charge in [0, 0.05) is 52.7 Å². The molecule has 13 heteroatoms. The number of likely N-dealkylation sites (N-methyl/N-ethyl adjacent to an activating group) is 1. The van der Waals surface area contributed by atoms with Gasteiger partial charge < -0.3 is 19.7 Å². The predicted octanol–water partition coefficient (Wildman–Crippen LogP) is 6.22. The second kappa shape index (κ2) is 15.3. The molecule has 0 amide bonds. The van der Waals surface area contributed by atoms with E-state index in [9.17, 15) is 12.8 Å². The van der Waals surface area contributed by atoms with Crippen molar-refractivity contribution in [2.75, 3.05) is 30.2 Å². The molecular weight excluding hydrogens is 611 g/mol. The van der Waals surface area contributed by atoms with Gasteiger partial charge in [-0.3, -0.25) is 14.4 Å². The number of nitrogens with zero attached hydrogens (tertiary/aromatic N) is 4. The Bertz CT molecular complexity index is 1880. The van der Waals surface area contributed by atoms with Crippen molar-refractivity contribution in [1.29, 1.82) is 0 Å². The number of anilines is 3. The number of carbonyl (C=O) groups is 1. The molecule has 0 bridgehead atoms. The number of hydrogen-bond donors (Lipinski definition) is 3. The third kappa shape index (κ3) is 8.17. The van der Waals surface area contributed by atoms with E-state index in [0.29, 0.717) is 23.2 Å². The number of aromatic nitrogens is 3. The molecule has 5 aromatic rings. The number of ether oxygens (including phenoxy) is 1. The fraction of sp³-hybridized carbons (Fsp3) is 0.242. The Balaban J connectivity index is 0.00000154. The quantitative estimate of drug-likeness (QED) is 0.135. The normalized spacial score (nSPS) is 11.9. The van der Waals surface area contributed by atoms with E-state index >= 15 is 0 Å². The molecule has 5 rings (SSSR count). The molecule has 3 N–H and O–H groups in total. The molecule has 2 aromatic heterocycles. The van der Waals surface area contributed by atoms with Crippen LogP contribution in [-0.2, 0) is 21.4 Å². The first-order chi connectivity index (χ1) is 22.1. The van der Waals surface area contributed by atoms with E-state index in [4.69, 9.17) is 14.6 Å². The maximum atomic E-state index is 14.0. The largest absolute Gasteiger partial charge is 0.494 e. The summed E-state index contributed by atoms with van der Waals surface area (Å²) >= 11 is 0. The van der Waals surface area contributed by atoms with Crippen molar-refractivity contribution in [3.8, 4) is 17.0 Å². The zero-order valence-electron chi connectivity index (χ0n) is 26.0. The van der Waals surface area contributed by atoms with Crippen LogP contribution >= 0.6 is 0 Å². The highest BCUT2D eigenvalue weighted by Gasteiger charge is 2.17. The van der Waals surface area contributed by atoms with Crippen LogP contribution in [0.4, 0.5) is 21.6 Å². The molecule has 0 fully saturated rings. The highest BCUT2D eigenvalue weighted by molar-refractivity contribution is 7.92. The van der Waals surface area contributed by atoms with Gasteiger partial charge in [-0.1, -0.05) is 19.9 Å². The van der Waals surface area contributed by atoms with Crippen molar-refractivity contribution in [2.24, 2.45) is 0 Å². The van der Waals surface area contributed by atoms with E-state index in [2.05, 4.69) is 80.7 Å². The highest BCUT2D eigenvalue weighted by atomic mass is 32.2. The fourth-order valence-corrected chi connectivity index (χ4v) is 6.22. The van der Waals surface area contributed by atoms with Gasteiger partial charge in [0.1, 0.15) is 12.1 Å². The van der Waals surface area contributed by atoms with Crippen molar-refractivity contribution in [3.05, 3.63) is 91.1 Å². The number of halogens is 1. The second-order valence-corrected chi connectivity index (χ2v) is 12.0. The maximum Gasteiger partial charge on any atom is 0.290 e. The number of fused-ring (bicyclic) bond motifs is 1. The molecule has 46 heavy (non-hydrogen) atoms. The van der Waals surface area contributed by atoms with Gasteiger partial charge in [0.05, 0.1) is 17.7 Å². The van der Waals surface area contributed by atoms with Gasteiger partial charge in [-0.05, 0) is 80.7 Å². The van der Waals surface area contributed by atoms with Crippen LogP contribution in [0.25, 0.3) is 22.2 Å². The SMILES string of the molecule is CCN(CC)C(C)Cn1ccc2cc(-c3cc(Nc4ccc(NS(=O)(=O)c5ccc(OC)c(F)c5)cc4)ncn3)ccc21.O=CO. The zero-order chi connectivity index (χ0) is 33.3. The van der Waals surface area contributed by atoms with E-state index in [-0.39, 0.29) is 17.1 Å². The maximum absolute atomic E-state index is 14.0. The van der Waals surface area contributed by atoms with Crippen LogP contribution in [0, 0.1) is 5.82 Å². The lowest BCUT2D eigenvalue weighted by Crippen LogP contribution is -2.35. The van der Waals surface area contributed by atoms with Crippen molar-refractivity contribution in [2.45, 2.75) is 38.3 Å². The molecular formula is C33H37FN6O5S. The molecule has 11 nitrogen and oxygen atoms in total. The minimum Gasteiger partial charge on any atom is -0.494 e. The van der Waals surface area contributed by atoms with Crippen LogP contribution in [0.3, 0.4) is 0 Å². The standard InChI is InChI=1S/C32H35FN6O3S.CH2O2/c1-5-38(6-2)22(3)20-39-16-15-24-17-23(7-13-30(24)39)29-19-32(35-21-34-29)36-25-8-10-26(11-9-25)37-43(40,41)27-12-14-31(42-4)28(33)18-27;2-1-3/h7-19,21-22,37H,5-6,20H2,1-4H3,(H,34,35,36);1H,(H,2,3). The Labute approximate surface area is 267 Å². The average molecular weight is 649 g/mol. The number of benzene rings is 3. The van der Waals surface area contributed by atoms with Crippen LogP contribution in [-0.4, -0.2) is 65.7 Å². The summed E-state index contributed by atoms with van der Waals surface area (Å²) in [7, 11) is -2.67. The predicted molar refractivity (Wildman–Crippen MR) is 178 cm³/mol. The van der Waals surface area contributed by atoms with Crippen molar-refractivity contribution in [1.82, 2.24) is 19.4 Å². The summed E-state index contributed by atoms with van der Waals surface area (Å²) in [4.78, 5) is 19.4.